The van der Waals surface area contributed by atoms with E-state index in [2.05, 4.69) is 15.5 Å². The lowest BCUT2D eigenvalue weighted by Gasteiger charge is -2.10. The quantitative estimate of drug-likeness (QED) is 0.887. The minimum Gasteiger partial charge on any atom is -0.491 e. The molecule has 100 valence electrons. The van der Waals surface area contributed by atoms with Gasteiger partial charge in [0.2, 0.25) is 0 Å². The lowest BCUT2D eigenvalue weighted by atomic mass is 10.3. The van der Waals surface area contributed by atoms with Gasteiger partial charge in [0.05, 0.1) is 6.10 Å². The highest BCUT2D eigenvalue weighted by Gasteiger charge is 2.09. The van der Waals surface area contributed by atoms with Gasteiger partial charge in [0, 0.05) is 11.4 Å². The molecule has 19 heavy (non-hydrogen) atoms. The molecule has 1 amide bonds. The van der Waals surface area contributed by atoms with Crippen LogP contribution in [0, 0.1) is 6.92 Å². The van der Waals surface area contributed by atoms with Crippen LogP contribution in [0.5, 0.6) is 5.75 Å². The highest BCUT2D eigenvalue weighted by molar-refractivity contribution is 6.02. The fraction of sp³-hybridized carbons (Fsp3) is 0.286. The Morgan fingerprint density at radius 3 is 2.53 bits per heavy atom. The van der Waals surface area contributed by atoms with E-state index in [0.717, 1.165) is 11.4 Å². The number of aryl methyl sites for hydroxylation is 1. The average molecular weight is 259 g/mol. The number of nitrogens with zero attached hydrogens (tertiary/aromatic N) is 1. The molecular weight excluding hydrogens is 242 g/mol. The van der Waals surface area contributed by atoms with E-state index in [0.29, 0.717) is 11.4 Å². The number of ether oxygens (including phenoxy) is 1. The zero-order valence-corrected chi connectivity index (χ0v) is 11.2. The maximum Gasteiger partial charge on any atom is 0.276 e. The van der Waals surface area contributed by atoms with E-state index < -0.39 is 0 Å². The second-order valence-corrected chi connectivity index (χ2v) is 4.58. The van der Waals surface area contributed by atoms with Crippen LogP contribution in [-0.4, -0.2) is 22.2 Å². The smallest absolute Gasteiger partial charge is 0.276 e. The third kappa shape index (κ3) is 3.58. The predicted octanol–water partition coefficient (Wildman–Crippen LogP) is 2.76. The van der Waals surface area contributed by atoms with E-state index in [9.17, 15) is 4.79 Å². The number of nitrogens with one attached hydrogen (secondary N) is 2. The Bertz CT molecular complexity index is 558. The number of rotatable bonds is 4. The molecule has 0 saturated carbocycles. The summed E-state index contributed by atoms with van der Waals surface area (Å²) in [6.07, 6.45) is 0.132. The number of anilines is 1. The van der Waals surface area contributed by atoms with E-state index in [1.807, 2.05) is 32.9 Å². The summed E-state index contributed by atoms with van der Waals surface area (Å²) in [5, 5.41) is 9.42. The minimum absolute atomic E-state index is 0.132. The van der Waals surface area contributed by atoms with Crippen LogP contribution in [0.1, 0.15) is 30.0 Å². The van der Waals surface area contributed by atoms with Crippen molar-refractivity contribution in [1.82, 2.24) is 10.2 Å². The normalized spacial score (nSPS) is 10.5. The minimum atomic E-state index is -0.234. The van der Waals surface area contributed by atoms with E-state index in [1.54, 1.807) is 18.2 Å². The van der Waals surface area contributed by atoms with Gasteiger partial charge in [-0.05, 0) is 51.1 Å². The zero-order chi connectivity index (χ0) is 13.8. The summed E-state index contributed by atoms with van der Waals surface area (Å²) in [4.78, 5) is 11.9. The highest BCUT2D eigenvalue weighted by Crippen LogP contribution is 2.17. The van der Waals surface area contributed by atoms with Crippen molar-refractivity contribution in [2.75, 3.05) is 5.32 Å². The van der Waals surface area contributed by atoms with E-state index in [-0.39, 0.29) is 12.0 Å². The molecule has 0 fully saturated rings. The number of hydrogen-bond donors (Lipinski definition) is 2. The fourth-order valence-electron chi connectivity index (χ4n) is 1.62. The Balaban J connectivity index is 2.01. The molecule has 2 rings (SSSR count). The Hall–Kier alpha value is -2.30. The summed E-state index contributed by atoms with van der Waals surface area (Å²) >= 11 is 0. The van der Waals surface area contributed by atoms with E-state index in [1.165, 1.54) is 0 Å². The first-order valence-electron chi connectivity index (χ1n) is 6.14. The molecule has 0 aliphatic rings. The average Bonchev–Trinajstić information content (AvgIpc) is 2.78. The summed E-state index contributed by atoms with van der Waals surface area (Å²) in [6, 6.07) is 8.95. The van der Waals surface area contributed by atoms with Gasteiger partial charge in [0.25, 0.3) is 5.91 Å². The second-order valence-electron chi connectivity index (χ2n) is 4.58. The van der Waals surface area contributed by atoms with Crippen LogP contribution in [0.3, 0.4) is 0 Å². The van der Waals surface area contributed by atoms with Gasteiger partial charge in [0.15, 0.2) is 5.69 Å². The first-order chi connectivity index (χ1) is 9.04. The monoisotopic (exact) mass is 259 g/mol. The first-order valence-corrected chi connectivity index (χ1v) is 6.14. The van der Waals surface area contributed by atoms with Gasteiger partial charge in [-0.3, -0.25) is 9.89 Å². The van der Waals surface area contributed by atoms with Gasteiger partial charge in [0.1, 0.15) is 5.75 Å². The molecule has 0 bridgehead atoms. The Morgan fingerprint density at radius 2 is 2.00 bits per heavy atom. The maximum atomic E-state index is 11.9. The van der Waals surface area contributed by atoms with Crippen molar-refractivity contribution < 1.29 is 9.53 Å². The van der Waals surface area contributed by atoms with E-state index in [4.69, 9.17) is 4.74 Å². The molecule has 5 nitrogen and oxygen atoms in total. The summed E-state index contributed by atoms with van der Waals surface area (Å²) < 4.78 is 5.53. The molecule has 2 aromatic rings. The molecule has 5 heteroatoms. The molecule has 0 radical (unpaired) electrons. The third-order valence-electron chi connectivity index (χ3n) is 2.42. The van der Waals surface area contributed by atoms with Crippen molar-refractivity contribution in [2.45, 2.75) is 26.9 Å². The van der Waals surface area contributed by atoms with Crippen molar-refractivity contribution in [2.24, 2.45) is 0 Å². The Labute approximate surface area is 112 Å². The zero-order valence-electron chi connectivity index (χ0n) is 11.2. The lowest BCUT2D eigenvalue weighted by Crippen LogP contribution is -2.12. The van der Waals surface area contributed by atoms with Gasteiger partial charge in [-0.15, -0.1) is 0 Å². The standard InChI is InChI=1S/C14H17N3O2/c1-9(2)19-12-6-4-11(5-7-12)15-14(18)13-8-10(3)16-17-13/h4-9H,1-3H3,(H,15,18)(H,16,17). The molecule has 0 aliphatic heterocycles. The number of aromatic nitrogens is 2. The largest absolute Gasteiger partial charge is 0.491 e. The van der Waals surface area contributed by atoms with Crippen molar-refractivity contribution in [1.29, 1.82) is 0 Å². The number of carbonyl (C=O) groups is 1. The van der Waals surface area contributed by atoms with Crippen LogP contribution in [0.25, 0.3) is 0 Å². The van der Waals surface area contributed by atoms with Crippen molar-refractivity contribution >= 4 is 11.6 Å². The van der Waals surface area contributed by atoms with Gasteiger partial charge < -0.3 is 10.1 Å². The fourth-order valence-corrected chi connectivity index (χ4v) is 1.62. The van der Waals surface area contributed by atoms with Crippen LogP contribution < -0.4 is 10.1 Å². The molecule has 2 N–H and O–H groups in total. The van der Waals surface area contributed by atoms with Gasteiger partial charge >= 0.3 is 0 Å². The second kappa shape index (κ2) is 5.56. The number of benzene rings is 1. The number of aromatic amines is 1. The Kier molecular flexibility index (Phi) is 3.85. The van der Waals surface area contributed by atoms with Crippen LogP contribution in [0.2, 0.25) is 0 Å². The van der Waals surface area contributed by atoms with Gasteiger partial charge in [-0.2, -0.15) is 5.10 Å². The summed E-state index contributed by atoms with van der Waals surface area (Å²) in [5.74, 6) is 0.547. The SMILES string of the molecule is Cc1cc(C(=O)Nc2ccc(OC(C)C)cc2)n[nH]1. The summed E-state index contributed by atoms with van der Waals surface area (Å²) in [5.41, 5.74) is 1.94. The third-order valence-corrected chi connectivity index (χ3v) is 2.42. The van der Waals surface area contributed by atoms with Crippen molar-refractivity contribution in [3.8, 4) is 5.75 Å². The molecule has 0 aliphatic carbocycles. The number of hydrogen-bond acceptors (Lipinski definition) is 3. The number of amides is 1. The first kappa shape index (κ1) is 13.1. The topological polar surface area (TPSA) is 67.0 Å². The number of H-pyrrole nitrogens is 1. The van der Waals surface area contributed by atoms with Gasteiger partial charge in [-0.25, -0.2) is 0 Å². The number of carbonyl (C=O) groups excluding carboxylic acids is 1. The molecule has 1 aromatic heterocycles. The van der Waals surface area contributed by atoms with Crippen LogP contribution >= 0.6 is 0 Å². The predicted molar refractivity (Wildman–Crippen MR) is 73.5 cm³/mol. The highest BCUT2D eigenvalue weighted by atomic mass is 16.5. The van der Waals surface area contributed by atoms with Crippen LogP contribution in [0.15, 0.2) is 30.3 Å². The summed E-state index contributed by atoms with van der Waals surface area (Å²) in [7, 11) is 0. The molecule has 0 saturated heterocycles. The van der Waals surface area contributed by atoms with Crippen molar-refractivity contribution in [3.63, 3.8) is 0 Å². The maximum absolute atomic E-state index is 11.9. The molecule has 0 atom stereocenters. The molecule has 1 heterocycles. The van der Waals surface area contributed by atoms with Crippen LogP contribution in [0.4, 0.5) is 5.69 Å². The molecule has 0 spiro atoms. The molecular formula is C14H17N3O2. The van der Waals surface area contributed by atoms with E-state index >= 15 is 0 Å². The molecule has 0 unspecified atom stereocenters. The summed E-state index contributed by atoms with van der Waals surface area (Å²) in [6.45, 7) is 5.78. The van der Waals surface area contributed by atoms with Gasteiger partial charge in [-0.1, -0.05) is 0 Å². The lowest BCUT2D eigenvalue weighted by molar-refractivity contribution is 0.102. The molecule has 1 aromatic carbocycles. The van der Waals surface area contributed by atoms with Crippen LogP contribution in [-0.2, 0) is 0 Å². The van der Waals surface area contributed by atoms with Crippen molar-refractivity contribution in [3.05, 3.63) is 41.7 Å². The Morgan fingerprint density at radius 1 is 1.32 bits per heavy atom.